The van der Waals surface area contributed by atoms with Crippen LogP contribution in [-0.4, -0.2) is 17.0 Å². The lowest BCUT2D eigenvalue weighted by atomic mass is 10.3. The van der Waals surface area contributed by atoms with Gasteiger partial charge in [-0.1, -0.05) is 17.7 Å². The Balaban J connectivity index is 2.01. The number of carbonyl (C=O) groups excluding carboxylic acids is 1. The molecule has 0 spiro atoms. The summed E-state index contributed by atoms with van der Waals surface area (Å²) in [5.41, 5.74) is 6.61. The molecule has 2 rings (SSSR count). The Kier molecular flexibility index (Phi) is 4.42. The highest BCUT2D eigenvalue weighted by atomic mass is 35.5. The number of nitrogens with one attached hydrogen (secondary N) is 1. The number of aromatic nitrogens is 1. The van der Waals surface area contributed by atoms with E-state index in [1.807, 2.05) is 0 Å². The van der Waals surface area contributed by atoms with Crippen molar-refractivity contribution in [3.63, 3.8) is 0 Å². The Morgan fingerprint density at radius 3 is 2.95 bits per heavy atom. The van der Waals surface area contributed by atoms with E-state index in [9.17, 15) is 4.79 Å². The molecule has 1 aromatic heterocycles. The highest BCUT2D eigenvalue weighted by Crippen LogP contribution is 2.19. The van der Waals surface area contributed by atoms with E-state index >= 15 is 0 Å². The number of halogens is 1. The Labute approximate surface area is 121 Å². The van der Waals surface area contributed by atoms with Crippen molar-refractivity contribution in [2.24, 2.45) is 0 Å². The predicted octanol–water partition coefficient (Wildman–Crippen LogP) is 2.72. The van der Waals surface area contributed by atoms with E-state index in [4.69, 9.17) is 22.1 Å². The van der Waals surface area contributed by atoms with Crippen LogP contribution in [0.4, 0.5) is 11.4 Å². The summed E-state index contributed by atoms with van der Waals surface area (Å²) < 4.78 is 5.52. The summed E-state index contributed by atoms with van der Waals surface area (Å²) in [4.78, 5) is 15.9. The summed E-state index contributed by atoms with van der Waals surface area (Å²) in [6.45, 7) is 1.65. The third kappa shape index (κ3) is 3.61. The topological polar surface area (TPSA) is 77.2 Å². The molecule has 1 atom stereocenters. The maximum atomic E-state index is 12.0. The molecule has 0 aliphatic rings. The van der Waals surface area contributed by atoms with Crippen molar-refractivity contribution in [3.05, 3.63) is 47.7 Å². The van der Waals surface area contributed by atoms with E-state index in [2.05, 4.69) is 10.3 Å². The second-order valence-corrected chi connectivity index (χ2v) is 4.61. The number of carbonyl (C=O) groups is 1. The minimum absolute atomic E-state index is 0.303. The van der Waals surface area contributed by atoms with Crippen molar-refractivity contribution >= 4 is 28.9 Å². The maximum absolute atomic E-state index is 12.0. The SMILES string of the molecule is CC(Oc1cccc(Cl)c1)C(=O)Nc1ccncc1N. The van der Waals surface area contributed by atoms with Gasteiger partial charge >= 0.3 is 0 Å². The van der Waals surface area contributed by atoms with E-state index in [-0.39, 0.29) is 5.91 Å². The maximum Gasteiger partial charge on any atom is 0.265 e. The van der Waals surface area contributed by atoms with Crippen LogP contribution in [-0.2, 0) is 4.79 Å². The van der Waals surface area contributed by atoms with Crippen molar-refractivity contribution in [2.75, 3.05) is 11.1 Å². The van der Waals surface area contributed by atoms with Crippen LogP contribution in [0.1, 0.15) is 6.92 Å². The van der Waals surface area contributed by atoms with E-state index < -0.39 is 6.10 Å². The van der Waals surface area contributed by atoms with Gasteiger partial charge in [-0.25, -0.2) is 0 Å². The molecular weight excluding hydrogens is 278 g/mol. The van der Waals surface area contributed by atoms with Gasteiger partial charge in [-0.3, -0.25) is 9.78 Å². The average molecular weight is 292 g/mol. The predicted molar refractivity (Wildman–Crippen MR) is 78.8 cm³/mol. The van der Waals surface area contributed by atoms with Crippen molar-refractivity contribution < 1.29 is 9.53 Å². The highest BCUT2D eigenvalue weighted by Gasteiger charge is 2.15. The van der Waals surface area contributed by atoms with Crippen molar-refractivity contribution in [2.45, 2.75) is 13.0 Å². The Morgan fingerprint density at radius 1 is 1.45 bits per heavy atom. The molecule has 2 aromatic rings. The van der Waals surface area contributed by atoms with Crippen LogP contribution in [0.5, 0.6) is 5.75 Å². The lowest BCUT2D eigenvalue weighted by molar-refractivity contribution is -0.122. The number of ether oxygens (including phenoxy) is 1. The van der Waals surface area contributed by atoms with Crippen LogP contribution in [0.25, 0.3) is 0 Å². The van der Waals surface area contributed by atoms with Crippen LogP contribution in [0.15, 0.2) is 42.7 Å². The molecule has 3 N–H and O–H groups in total. The third-order valence-electron chi connectivity index (χ3n) is 2.59. The van der Waals surface area contributed by atoms with E-state index in [0.29, 0.717) is 22.1 Å². The summed E-state index contributed by atoms with van der Waals surface area (Å²) in [6, 6.07) is 8.49. The van der Waals surface area contributed by atoms with Gasteiger partial charge < -0.3 is 15.8 Å². The van der Waals surface area contributed by atoms with Crippen LogP contribution >= 0.6 is 11.6 Å². The number of nitrogens with two attached hydrogens (primary N) is 1. The molecule has 1 unspecified atom stereocenters. The number of hydrogen-bond donors (Lipinski definition) is 2. The fraction of sp³-hybridized carbons (Fsp3) is 0.143. The van der Waals surface area contributed by atoms with E-state index in [0.717, 1.165) is 0 Å². The first-order valence-corrected chi connectivity index (χ1v) is 6.36. The number of nitrogens with zero attached hydrogens (tertiary/aromatic N) is 1. The molecule has 0 aliphatic heterocycles. The lowest BCUT2D eigenvalue weighted by Crippen LogP contribution is -2.30. The Morgan fingerprint density at radius 2 is 2.25 bits per heavy atom. The molecule has 20 heavy (non-hydrogen) atoms. The zero-order chi connectivity index (χ0) is 14.5. The molecule has 0 radical (unpaired) electrons. The molecule has 1 aromatic carbocycles. The zero-order valence-corrected chi connectivity index (χ0v) is 11.6. The number of amides is 1. The van der Waals surface area contributed by atoms with Gasteiger partial charge in [0.25, 0.3) is 5.91 Å². The minimum atomic E-state index is -0.680. The molecule has 0 saturated heterocycles. The number of hydrogen-bond acceptors (Lipinski definition) is 4. The normalized spacial score (nSPS) is 11.7. The fourth-order valence-corrected chi connectivity index (χ4v) is 1.73. The second kappa shape index (κ2) is 6.25. The standard InChI is InChI=1S/C14H14ClN3O2/c1-9(20-11-4-2-3-10(15)7-11)14(19)18-13-5-6-17-8-12(13)16/h2-9H,16H2,1H3,(H,17,18,19). The first-order valence-electron chi connectivity index (χ1n) is 5.99. The molecule has 0 fully saturated rings. The molecule has 5 nitrogen and oxygen atoms in total. The molecule has 1 heterocycles. The number of pyridine rings is 1. The van der Waals surface area contributed by atoms with Crippen LogP contribution < -0.4 is 15.8 Å². The largest absolute Gasteiger partial charge is 0.481 e. The van der Waals surface area contributed by atoms with Crippen molar-refractivity contribution in [3.8, 4) is 5.75 Å². The van der Waals surface area contributed by atoms with Gasteiger partial charge in [0.15, 0.2) is 6.10 Å². The molecular formula is C14H14ClN3O2. The molecule has 0 bridgehead atoms. The van der Waals surface area contributed by atoms with Crippen LogP contribution in [0.2, 0.25) is 5.02 Å². The van der Waals surface area contributed by atoms with E-state index in [1.54, 1.807) is 43.5 Å². The van der Waals surface area contributed by atoms with Gasteiger partial charge in [0, 0.05) is 11.2 Å². The van der Waals surface area contributed by atoms with Gasteiger partial charge in [-0.05, 0) is 31.2 Å². The monoisotopic (exact) mass is 291 g/mol. The number of anilines is 2. The first kappa shape index (κ1) is 14.1. The summed E-state index contributed by atoms with van der Waals surface area (Å²) in [5.74, 6) is 0.228. The van der Waals surface area contributed by atoms with Gasteiger partial charge in [-0.2, -0.15) is 0 Å². The van der Waals surface area contributed by atoms with E-state index in [1.165, 1.54) is 6.20 Å². The molecule has 0 aliphatic carbocycles. The van der Waals surface area contributed by atoms with Crippen LogP contribution in [0.3, 0.4) is 0 Å². The Bertz CT molecular complexity index is 619. The summed E-state index contributed by atoms with van der Waals surface area (Å²) in [5, 5.41) is 3.23. The zero-order valence-electron chi connectivity index (χ0n) is 10.8. The van der Waals surface area contributed by atoms with Crippen molar-refractivity contribution in [1.82, 2.24) is 4.98 Å². The quantitative estimate of drug-likeness (QED) is 0.908. The van der Waals surface area contributed by atoms with Crippen molar-refractivity contribution in [1.29, 1.82) is 0 Å². The summed E-state index contributed by atoms with van der Waals surface area (Å²) >= 11 is 5.85. The second-order valence-electron chi connectivity index (χ2n) is 4.17. The van der Waals surface area contributed by atoms with Gasteiger partial charge in [0.05, 0.1) is 17.6 Å². The summed E-state index contributed by atoms with van der Waals surface area (Å²) in [7, 11) is 0. The third-order valence-corrected chi connectivity index (χ3v) is 2.82. The number of nitrogen functional groups attached to an aromatic ring is 1. The van der Waals surface area contributed by atoms with Gasteiger partial charge in [0.1, 0.15) is 5.75 Å². The smallest absolute Gasteiger partial charge is 0.265 e. The number of benzene rings is 1. The number of rotatable bonds is 4. The van der Waals surface area contributed by atoms with Crippen LogP contribution in [0, 0.1) is 0 Å². The average Bonchev–Trinajstić information content (AvgIpc) is 2.41. The molecule has 104 valence electrons. The highest BCUT2D eigenvalue weighted by molar-refractivity contribution is 6.30. The fourth-order valence-electron chi connectivity index (χ4n) is 1.55. The summed E-state index contributed by atoms with van der Waals surface area (Å²) in [6.07, 6.45) is 2.34. The lowest BCUT2D eigenvalue weighted by Gasteiger charge is -2.15. The molecule has 6 heteroatoms. The van der Waals surface area contributed by atoms with Gasteiger partial charge in [-0.15, -0.1) is 0 Å². The molecule has 0 saturated carbocycles. The Hall–Kier alpha value is -2.27. The van der Waals surface area contributed by atoms with Gasteiger partial charge in [0.2, 0.25) is 0 Å². The molecule has 1 amide bonds. The minimum Gasteiger partial charge on any atom is -0.481 e. The first-order chi connectivity index (χ1) is 9.56.